The van der Waals surface area contributed by atoms with Gasteiger partial charge in [0.1, 0.15) is 17.8 Å². The molecule has 1 aliphatic rings. The Morgan fingerprint density at radius 1 is 1.29 bits per heavy atom. The molecule has 174 valence electrons. The van der Waals surface area contributed by atoms with Crippen LogP contribution in [0.3, 0.4) is 0 Å². The molecule has 12 heteroatoms. The number of hydrogen-bond donors (Lipinski definition) is 4. The number of aliphatic hydroxyl groups is 1. The summed E-state index contributed by atoms with van der Waals surface area (Å²) in [5.74, 6) is -3.06. The Bertz CT molecular complexity index is 758. The van der Waals surface area contributed by atoms with Crippen LogP contribution in [-0.4, -0.2) is 55.1 Å². The molecule has 0 radical (unpaired) electrons. The normalized spacial score (nSPS) is 20.1. The van der Waals surface area contributed by atoms with Gasteiger partial charge in [-0.05, 0) is 25.0 Å². The number of halogens is 5. The molecule has 1 fully saturated rings. The maximum absolute atomic E-state index is 13.3. The van der Waals surface area contributed by atoms with E-state index in [1.54, 1.807) is 0 Å². The third-order valence-electron chi connectivity index (χ3n) is 4.76. The zero-order valence-corrected chi connectivity index (χ0v) is 17.2. The summed E-state index contributed by atoms with van der Waals surface area (Å²) in [6.45, 7) is -0.479. The van der Waals surface area contributed by atoms with Crippen molar-refractivity contribution in [2.24, 2.45) is 5.92 Å². The molecule has 4 N–H and O–H groups in total. The van der Waals surface area contributed by atoms with Gasteiger partial charge >= 0.3 is 6.18 Å². The van der Waals surface area contributed by atoms with E-state index < -0.39 is 42.6 Å². The van der Waals surface area contributed by atoms with Crippen LogP contribution in [0.2, 0.25) is 5.02 Å². The quantitative estimate of drug-likeness (QED) is 0.328. The Morgan fingerprint density at radius 3 is 2.65 bits per heavy atom. The van der Waals surface area contributed by atoms with Gasteiger partial charge in [0.25, 0.3) is 5.91 Å². The monoisotopic (exact) mass is 469 g/mol. The van der Waals surface area contributed by atoms with Gasteiger partial charge < -0.3 is 25.8 Å². The fraction of sp³-hybridized carbons (Fsp3) is 0.579. The van der Waals surface area contributed by atoms with Crippen LogP contribution in [0.1, 0.15) is 25.7 Å². The number of carbonyl (C=O) groups is 2. The summed E-state index contributed by atoms with van der Waals surface area (Å²) in [5.41, 5.74) is 0. The average Bonchev–Trinajstić information content (AvgIpc) is 2.71. The molecule has 0 spiro atoms. The SMILES string of the molecule is O=C(CC[C@@H](O)NC(=O)COc1ccc(Cl)c(F)c1)NCC1CCC(C(F)(F)F)CN1. The minimum Gasteiger partial charge on any atom is -0.484 e. The van der Waals surface area contributed by atoms with Crippen molar-refractivity contribution in [1.29, 1.82) is 0 Å². The van der Waals surface area contributed by atoms with Gasteiger partial charge in [-0.2, -0.15) is 13.2 Å². The molecule has 2 unspecified atom stereocenters. The number of carbonyl (C=O) groups excluding carboxylic acids is 2. The summed E-state index contributed by atoms with van der Waals surface area (Å²) in [5, 5.41) is 17.3. The van der Waals surface area contributed by atoms with E-state index in [1.165, 1.54) is 12.1 Å². The standard InChI is InChI=1S/C19H24ClF4N3O4/c20-14-4-3-13(7-15(14)21)31-10-18(30)27-17(29)6-5-16(28)26-9-12-2-1-11(8-25-12)19(22,23)24/h3-4,7,11-12,17,25,29H,1-2,5-6,8-10H2,(H,26,28)(H,27,30)/t11?,12?,17-/m1/s1. The number of rotatable bonds is 9. The minimum atomic E-state index is -4.22. The van der Waals surface area contributed by atoms with Crippen LogP contribution in [0.15, 0.2) is 18.2 Å². The second-order valence-electron chi connectivity index (χ2n) is 7.21. The van der Waals surface area contributed by atoms with E-state index in [4.69, 9.17) is 16.3 Å². The van der Waals surface area contributed by atoms with Crippen LogP contribution in [-0.2, 0) is 9.59 Å². The molecular weight excluding hydrogens is 446 g/mol. The lowest BCUT2D eigenvalue weighted by Gasteiger charge is -2.31. The van der Waals surface area contributed by atoms with Gasteiger partial charge in [-0.3, -0.25) is 9.59 Å². The van der Waals surface area contributed by atoms with E-state index in [9.17, 15) is 32.3 Å². The molecule has 7 nitrogen and oxygen atoms in total. The highest BCUT2D eigenvalue weighted by molar-refractivity contribution is 6.30. The maximum Gasteiger partial charge on any atom is 0.393 e. The van der Waals surface area contributed by atoms with E-state index >= 15 is 0 Å². The molecule has 0 saturated carbocycles. The first-order chi connectivity index (χ1) is 14.5. The largest absolute Gasteiger partial charge is 0.484 e. The van der Waals surface area contributed by atoms with Crippen LogP contribution in [0.5, 0.6) is 5.75 Å². The molecule has 1 saturated heterocycles. The molecule has 1 aromatic carbocycles. The number of alkyl halides is 3. The molecule has 1 aromatic rings. The first-order valence-corrected chi connectivity index (χ1v) is 10.0. The van der Waals surface area contributed by atoms with Crippen molar-refractivity contribution in [2.45, 2.75) is 44.1 Å². The molecule has 0 bridgehead atoms. The van der Waals surface area contributed by atoms with Gasteiger partial charge in [0, 0.05) is 38.0 Å². The summed E-state index contributed by atoms with van der Waals surface area (Å²) in [7, 11) is 0. The Kier molecular flexibility index (Phi) is 9.32. The lowest BCUT2D eigenvalue weighted by atomic mass is 9.94. The van der Waals surface area contributed by atoms with Crippen molar-refractivity contribution >= 4 is 23.4 Å². The molecule has 1 heterocycles. The summed E-state index contributed by atoms with van der Waals surface area (Å²) < 4.78 is 56.3. The van der Waals surface area contributed by atoms with Crippen LogP contribution >= 0.6 is 11.6 Å². The molecule has 2 rings (SSSR count). The Hall–Kier alpha value is -2.11. The van der Waals surface area contributed by atoms with Crippen molar-refractivity contribution in [1.82, 2.24) is 16.0 Å². The fourth-order valence-corrected chi connectivity index (χ4v) is 3.10. The van der Waals surface area contributed by atoms with Crippen LogP contribution in [0, 0.1) is 11.7 Å². The molecule has 1 aliphatic heterocycles. The van der Waals surface area contributed by atoms with Gasteiger partial charge in [-0.1, -0.05) is 11.6 Å². The second kappa shape index (κ2) is 11.5. The smallest absolute Gasteiger partial charge is 0.393 e. The molecule has 3 atom stereocenters. The molecule has 31 heavy (non-hydrogen) atoms. The van der Waals surface area contributed by atoms with Crippen LogP contribution < -0.4 is 20.7 Å². The van der Waals surface area contributed by atoms with E-state index in [0.29, 0.717) is 6.42 Å². The zero-order chi connectivity index (χ0) is 23.0. The van der Waals surface area contributed by atoms with Gasteiger partial charge in [-0.15, -0.1) is 0 Å². The minimum absolute atomic E-state index is 0.00646. The predicted molar refractivity (Wildman–Crippen MR) is 104 cm³/mol. The van der Waals surface area contributed by atoms with Crippen molar-refractivity contribution in [3.63, 3.8) is 0 Å². The van der Waals surface area contributed by atoms with Crippen molar-refractivity contribution in [2.75, 3.05) is 19.7 Å². The Morgan fingerprint density at radius 2 is 2.03 bits per heavy atom. The number of amides is 2. The first kappa shape index (κ1) is 25.2. The van der Waals surface area contributed by atoms with Gasteiger partial charge in [0.15, 0.2) is 6.61 Å². The van der Waals surface area contributed by atoms with E-state index in [0.717, 1.165) is 6.07 Å². The topological polar surface area (TPSA) is 99.7 Å². The summed E-state index contributed by atoms with van der Waals surface area (Å²) in [6, 6.07) is 3.42. The summed E-state index contributed by atoms with van der Waals surface area (Å²) in [6.07, 6.45) is -5.39. The highest BCUT2D eigenvalue weighted by atomic mass is 35.5. The summed E-state index contributed by atoms with van der Waals surface area (Å²) in [4.78, 5) is 23.6. The predicted octanol–water partition coefficient (Wildman–Crippen LogP) is 2.12. The Balaban J connectivity index is 1.59. The second-order valence-corrected chi connectivity index (χ2v) is 7.62. The van der Waals surface area contributed by atoms with Crippen molar-refractivity contribution in [3.8, 4) is 5.75 Å². The zero-order valence-electron chi connectivity index (χ0n) is 16.5. The number of piperidine rings is 1. The van der Waals surface area contributed by atoms with Gasteiger partial charge in [0.05, 0.1) is 10.9 Å². The molecule has 2 amide bonds. The van der Waals surface area contributed by atoms with Crippen molar-refractivity contribution in [3.05, 3.63) is 29.0 Å². The number of aliphatic hydroxyl groups excluding tert-OH is 1. The molecule has 0 aromatic heterocycles. The van der Waals surface area contributed by atoms with E-state index in [2.05, 4.69) is 16.0 Å². The Labute approximate surface area is 181 Å². The lowest BCUT2D eigenvalue weighted by Crippen LogP contribution is -2.49. The molecular formula is C19H24ClF4N3O4. The maximum atomic E-state index is 13.3. The van der Waals surface area contributed by atoms with Crippen molar-refractivity contribution < 1.29 is 37.0 Å². The number of benzene rings is 1. The van der Waals surface area contributed by atoms with E-state index in [1.807, 2.05) is 0 Å². The van der Waals surface area contributed by atoms with E-state index in [-0.39, 0.29) is 49.2 Å². The first-order valence-electron chi connectivity index (χ1n) is 9.66. The third kappa shape index (κ3) is 8.88. The van der Waals surface area contributed by atoms with Crippen LogP contribution in [0.4, 0.5) is 17.6 Å². The van der Waals surface area contributed by atoms with Gasteiger partial charge in [-0.25, -0.2) is 4.39 Å². The highest BCUT2D eigenvalue weighted by Crippen LogP contribution is 2.31. The average molecular weight is 470 g/mol. The number of nitrogens with one attached hydrogen (secondary N) is 3. The third-order valence-corrected chi connectivity index (χ3v) is 5.07. The van der Waals surface area contributed by atoms with Gasteiger partial charge in [0.2, 0.25) is 5.91 Å². The van der Waals surface area contributed by atoms with Crippen LogP contribution in [0.25, 0.3) is 0 Å². The summed E-state index contributed by atoms with van der Waals surface area (Å²) >= 11 is 5.54. The number of hydrogen-bond acceptors (Lipinski definition) is 5. The number of ether oxygens (including phenoxy) is 1. The lowest BCUT2D eigenvalue weighted by molar-refractivity contribution is -0.179. The highest BCUT2D eigenvalue weighted by Gasteiger charge is 2.41. The fourth-order valence-electron chi connectivity index (χ4n) is 2.98. The molecule has 0 aliphatic carbocycles.